The zero-order valence-electron chi connectivity index (χ0n) is 11.1. The van der Waals surface area contributed by atoms with Crippen LogP contribution >= 0.6 is 23.2 Å². The fraction of sp³-hybridized carbons (Fsp3) is 0.571. The number of hydrogen-bond donors (Lipinski definition) is 2. The minimum absolute atomic E-state index is 0.00720. The van der Waals surface area contributed by atoms with Gasteiger partial charge < -0.3 is 15.8 Å². The molecule has 1 heterocycles. The maximum absolute atomic E-state index is 6.24. The number of rotatable bonds is 5. The highest BCUT2D eigenvalue weighted by atomic mass is 35.5. The minimum Gasteiger partial charge on any atom is -0.374 e. The van der Waals surface area contributed by atoms with Crippen LogP contribution in [-0.4, -0.2) is 25.3 Å². The number of halogens is 2. The highest BCUT2D eigenvalue weighted by Crippen LogP contribution is 2.30. The summed E-state index contributed by atoms with van der Waals surface area (Å²) in [6, 6.07) is 5.62. The first-order chi connectivity index (χ1) is 9.06. The molecule has 2 atom stereocenters. The number of hydrogen-bond acceptors (Lipinski definition) is 3. The molecule has 1 aliphatic heterocycles. The van der Waals surface area contributed by atoms with Gasteiger partial charge in [-0.1, -0.05) is 35.3 Å². The second kappa shape index (κ2) is 6.42. The molecule has 1 saturated heterocycles. The summed E-state index contributed by atoms with van der Waals surface area (Å²) in [5.41, 5.74) is 6.69. The van der Waals surface area contributed by atoms with Gasteiger partial charge in [0, 0.05) is 25.7 Å². The topological polar surface area (TPSA) is 47.3 Å². The first kappa shape index (κ1) is 15.1. The Kier molecular flexibility index (Phi) is 5.09. The SMILES string of the molecule is CC1(CNC(CN)c2cccc(Cl)c2Cl)CCCO1. The monoisotopic (exact) mass is 302 g/mol. The van der Waals surface area contributed by atoms with Crippen LogP contribution in [0.5, 0.6) is 0 Å². The molecule has 0 bridgehead atoms. The Bertz CT molecular complexity index is 433. The van der Waals surface area contributed by atoms with E-state index in [2.05, 4.69) is 12.2 Å². The van der Waals surface area contributed by atoms with Crippen LogP contribution in [0.4, 0.5) is 0 Å². The second-order valence-corrected chi connectivity index (χ2v) is 6.00. The Balaban J connectivity index is 2.05. The number of nitrogens with one attached hydrogen (secondary N) is 1. The van der Waals surface area contributed by atoms with E-state index in [0.717, 1.165) is 31.6 Å². The largest absolute Gasteiger partial charge is 0.374 e. The molecule has 0 spiro atoms. The van der Waals surface area contributed by atoms with Crippen LogP contribution < -0.4 is 11.1 Å². The molecule has 0 amide bonds. The van der Waals surface area contributed by atoms with E-state index in [1.807, 2.05) is 12.1 Å². The van der Waals surface area contributed by atoms with Crippen molar-refractivity contribution in [3.63, 3.8) is 0 Å². The minimum atomic E-state index is -0.0987. The fourth-order valence-electron chi connectivity index (χ4n) is 2.43. The van der Waals surface area contributed by atoms with E-state index in [1.54, 1.807) is 6.07 Å². The third-order valence-corrected chi connectivity index (χ3v) is 4.45. The number of ether oxygens (including phenoxy) is 1. The molecule has 3 nitrogen and oxygen atoms in total. The van der Waals surface area contributed by atoms with Crippen molar-refractivity contribution in [3.05, 3.63) is 33.8 Å². The number of benzene rings is 1. The Labute approximate surface area is 124 Å². The van der Waals surface area contributed by atoms with Crippen molar-refractivity contribution in [3.8, 4) is 0 Å². The summed E-state index contributed by atoms with van der Waals surface area (Å²) >= 11 is 12.3. The van der Waals surface area contributed by atoms with Crippen molar-refractivity contribution in [2.75, 3.05) is 19.7 Å². The van der Waals surface area contributed by atoms with E-state index >= 15 is 0 Å². The molecule has 2 unspecified atom stereocenters. The Morgan fingerprint density at radius 1 is 1.47 bits per heavy atom. The van der Waals surface area contributed by atoms with Crippen molar-refractivity contribution < 1.29 is 4.74 Å². The Morgan fingerprint density at radius 2 is 2.26 bits per heavy atom. The van der Waals surface area contributed by atoms with E-state index < -0.39 is 0 Å². The lowest BCUT2D eigenvalue weighted by molar-refractivity contribution is 0.0189. The normalized spacial score (nSPS) is 24.6. The van der Waals surface area contributed by atoms with E-state index in [9.17, 15) is 0 Å². The van der Waals surface area contributed by atoms with Crippen molar-refractivity contribution in [1.82, 2.24) is 5.32 Å². The van der Waals surface area contributed by atoms with E-state index in [1.165, 1.54) is 0 Å². The van der Waals surface area contributed by atoms with Crippen molar-refractivity contribution in [1.29, 1.82) is 0 Å². The van der Waals surface area contributed by atoms with Gasteiger partial charge in [0.05, 0.1) is 15.6 Å². The van der Waals surface area contributed by atoms with Crippen LogP contribution in [0.2, 0.25) is 10.0 Å². The third-order valence-electron chi connectivity index (χ3n) is 3.62. The quantitative estimate of drug-likeness (QED) is 0.878. The first-order valence-corrected chi connectivity index (χ1v) is 7.33. The maximum Gasteiger partial charge on any atom is 0.0779 e. The molecular weight excluding hydrogens is 283 g/mol. The van der Waals surface area contributed by atoms with Gasteiger partial charge in [-0.15, -0.1) is 0 Å². The highest BCUT2D eigenvalue weighted by molar-refractivity contribution is 6.42. The van der Waals surface area contributed by atoms with Crippen LogP contribution in [0.25, 0.3) is 0 Å². The first-order valence-electron chi connectivity index (χ1n) is 6.57. The zero-order valence-corrected chi connectivity index (χ0v) is 12.6. The molecule has 1 fully saturated rings. The predicted molar refractivity (Wildman–Crippen MR) is 79.9 cm³/mol. The maximum atomic E-state index is 6.24. The molecule has 0 aromatic heterocycles. The summed E-state index contributed by atoms with van der Waals surface area (Å²) in [5.74, 6) is 0. The van der Waals surface area contributed by atoms with Gasteiger partial charge in [0.25, 0.3) is 0 Å². The fourth-order valence-corrected chi connectivity index (χ4v) is 2.86. The summed E-state index contributed by atoms with van der Waals surface area (Å²) in [6.07, 6.45) is 2.18. The van der Waals surface area contributed by atoms with E-state index in [0.29, 0.717) is 16.6 Å². The standard InChI is InChI=1S/C14H20Cl2N2O/c1-14(6-3-7-19-14)9-18-12(8-17)10-4-2-5-11(15)13(10)16/h2,4-5,12,18H,3,6-9,17H2,1H3. The number of nitrogens with two attached hydrogens (primary N) is 1. The predicted octanol–water partition coefficient (Wildman–Crippen LogP) is 3.15. The lowest BCUT2D eigenvalue weighted by Gasteiger charge is -2.27. The highest BCUT2D eigenvalue weighted by Gasteiger charge is 2.30. The summed E-state index contributed by atoms with van der Waals surface area (Å²) < 4.78 is 5.76. The molecule has 1 aromatic carbocycles. The lowest BCUT2D eigenvalue weighted by Crippen LogP contribution is -2.41. The van der Waals surface area contributed by atoms with Gasteiger partial charge in [-0.25, -0.2) is 0 Å². The van der Waals surface area contributed by atoms with Gasteiger partial charge in [-0.05, 0) is 31.4 Å². The van der Waals surface area contributed by atoms with Crippen LogP contribution in [0.15, 0.2) is 18.2 Å². The van der Waals surface area contributed by atoms with Gasteiger partial charge in [-0.2, -0.15) is 0 Å². The molecule has 0 aliphatic carbocycles. The molecule has 0 saturated carbocycles. The van der Waals surface area contributed by atoms with Gasteiger partial charge >= 0.3 is 0 Å². The van der Waals surface area contributed by atoms with Crippen LogP contribution in [0.3, 0.4) is 0 Å². The van der Waals surface area contributed by atoms with E-state index in [4.69, 9.17) is 33.7 Å². The smallest absolute Gasteiger partial charge is 0.0779 e. The molecule has 1 aromatic rings. The van der Waals surface area contributed by atoms with Crippen molar-refractivity contribution in [2.45, 2.75) is 31.4 Å². The summed E-state index contributed by atoms with van der Waals surface area (Å²) in [6.45, 7) is 4.19. The van der Waals surface area contributed by atoms with Gasteiger partial charge in [0.2, 0.25) is 0 Å². The Hall–Kier alpha value is -0.320. The molecule has 106 valence electrons. The average Bonchev–Trinajstić information content (AvgIpc) is 2.82. The summed E-state index contributed by atoms with van der Waals surface area (Å²) in [5, 5.41) is 4.57. The molecule has 3 N–H and O–H groups in total. The Morgan fingerprint density at radius 3 is 2.89 bits per heavy atom. The van der Waals surface area contributed by atoms with Crippen LogP contribution in [0, 0.1) is 0 Å². The zero-order chi connectivity index (χ0) is 13.9. The van der Waals surface area contributed by atoms with Crippen molar-refractivity contribution >= 4 is 23.2 Å². The lowest BCUT2D eigenvalue weighted by atomic mass is 10.0. The average molecular weight is 303 g/mol. The molecular formula is C14H20Cl2N2O. The van der Waals surface area contributed by atoms with Gasteiger partial charge in [0.15, 0.2) is 0 Å². The molecule has 1 aliphatic rings. The molecule has 19 heavy (non-hydrogen) atoms. The summed E-state index contributed by atoms with van der Waals surface area (Å²) in [7, 11) is 0. The summed E-state index contributed by atoms with van der Waals surface area (Å²) in [4.78, 5) is 0. The van der Waals surface area contributed by atoms with Gasteiger partial charge in [-0.3, -0.25) is 0 Å². The van der Waals surface area contributed by atoms with E-state index in [-0.39, 0.29) is 11.6 Å². The van der Waals surface area contributed by atoms with Crippen molar-refractivity contribution in [2.24, 2.45) is 5.73 Å². The second-order valence-electron chi connectivity index (χ2n) is 5.21. The molecule has 0 radical (unpaired) electrons. The molecule has 2 rings (SSSR count). The van der Waals surface area contributed by atoms with Crippen LogP contribution in [0.1, 0.15) is 31.4 Å². The molecule has 5 heteroatoms. The third kappa shape index (κ3) is 3.61. The van der Waals surface area contributed by atoms with Gasteiger partial charge in [0.1, 0.15) is 0 Å². The van der Waals surface area contributed by atoms with Crippen LogP contribution in [-0.2, 0) is 4.74 Å².